The van der Waals surface area contributed by atoms with E-state index in [-0.39, 0.29) is 23.8 Å². The summed E-state index contributed by atoms with van der Waals surface area (Å²) in [6, 6.07) is 0. The van der Waals surface area contributed by atoms with Crippen molar-refractivity contribution in [2.24, 2.45) is 11.8 Å². The SMILES string of the molecule is CCCCCCCCCCOC(=O)C1CCCCC1C(=O)OC(C)(C)C. The van der Waals surface area contributed by atoms with Gasteiger partial charge < -0.3 is 9.47 Å². The van der Waals surface area contributed by atoms with Crippen LogP contribution in [0.1, 0.15) is 105 Å². The summed E-state index contributed by atoms with van der Waals surface area (Å²) in [5.74, 6) is -1.11. The van der Waals surface area contributed by atoms with Gasteiger partial charge in [-0.05, 0) is 40.0 Å². The second-order valence-corrected chi connectivity index (χ2v) is 8.67. The minimum absolute atomic E-state index is 0.205. The first-order valence-corrected chi connectivity index (χ1v) is 10.7. The molecule has 1 aliphatic rings. The summed E-state index contributed by atoms with van der Waals surface area (Å²) >= 11 is 0. The van der Waals surface area contributed by atoms with Gasteiger partial charge in [0.1, 0.15) is 5.60 Å². The zero-order valence-electron chi connectivity index (χ0n) is 17.5. The van der Waals surface area contributed by atoms with E-state index >= 15 is 0 Å². The van der Waals surface area contributed by atoms with Gasteiger partial charge in [-0.3, -0.25) is 9.59 Å². The Bertz CT molecular complexity index is 411. The van der Waals surface area contributed by atoms with Crippen molar-refractivity contribution in [1.82, 2.24) is 0 Å². The van der Waals surface area contributed by atoms with Gasteiger partial charge in [-0.2, -0.15) is 0 Å². The van der Waals surface area contributed by atoms with E-state index in [2.05, 4.69) is 6.92 Å². The van der Waals surface area contributed by atoms with Gasteiger partial charge in [-0.1, -0.05) is 64.7 Å². The van der Waals surface area contributed by atoms with Crippen molar-refractivity contribution < 1.29 is 19.1 Å². The molecular weight excluding hydrogens is 328 g/mol. The number of hydrogen-bond acceptors (Lipinski definition) is 4. The van der Waals surface area contributed by atoms with Gasteiger partial charge in [0.2, 0.25) is 0 Å². The molecule has 0 aliphatic heterocycles. The Balaban J connectivity index is 2.27. The monoisotopic (exact) mass is 368 g/mol. The number of carbonyl (C=O) groups excluding carboxylic acids is 2. The zero-order chi connectivity index (χ0) is 19.4. The number of unbranched alkanes of at least 4 members (excludes halogenated alkanes) is 7. The molecule has 0 spiro atoms. The fourth-order valence-corrected chi connectivity index (χ4v) is 3.59. The van der Waals surface area contributed by atoms with E-state index in [1.165, 1.54) is 38.5 Å². The molecule has 4 nitrogen and oxygen atoms in total. The first-order valence-electron chi connectivity index (χ1n) is 10.7. The molecule has 0 saturated heterocycles. The van der Waals surface area contributed by atoms with Crippen LogP contribution in [0.5, 0.6) is 0 Å². The smallest absolute Gasteiger partial charge is 0.310 e. The Morgan fingerprint density at radius 2 is 1.31 bits per heavy atom. The van der Waals surface area contributed by atoms with Crippen LogP contribution in [-0.2, 0) is 19.1 Å². The average molecular weight is 369 g/mol. The maximum Gasteiger partial charge on any atom is 0.310 e. The van der Waals surface area contributed by atoms with Crippen molar-refractivity contribution in [3.63, 3.8) is 0 Å². The molecule has 26 heavy (non-hydrogen) atoms. The van der Waals surface area contributed by atoms with Crippen LogP contribution >= 0.6 is 0 Å². The molecule has 4 heteroatoms. The van der Waals surface area contributed by atoms with Crippen LogP contribution in [0.25, 0.3) is 0 Å². The Hall–Kier alpha value is -1.06. The summed E-state index contributed by atoms with van der Waals surface area (Å²) in [4.78, 5) is 24.9. The van der Waals surface area contributed by atoms with Gasteiger partial charge in [0.15, 0.2) is 0 Å². The standard InChI is InChI=1S/C22H40O4/c1-5-6-7-8-9-10-11-14-17-25-20(23)18-15-12-13-16-19(18)21(24)26-22(2,3)4/h18-19H,5-17H2,1-4H3. The fraction of sp³-hybridized carbons (Fsp3) is 0.909. The van der Waals surface area contributed by atoms with Crippen LogP contribution in [0.3, 0.4) is 0 Å². The first kappa shape index (κ1) is 23.0. The molecule has 0 heterocycles. The minimum Gasteiger partial charge on any atom is -0.465 e. The molecule has 0 radical (unpaired) electrons. The highest BCUT2D eigenvalue weighted by atomic mass is 16.6. The van der Waals surface area contributed by atoms with Crippen molar-refractivity contribution in [2.45, 2.75) is 110 Å². The molecule has 2 unspecified atom stereocenters. The number of hydrogen-bond donors (Lipinski definition) is 0. The van der Waals surface area contributed by atoms with Gasteiger partial charge in [0.25, 0.3) is 0 Å². The van der Waals surface area contributed by atoms with Gasteiger partial charge in [-0.15, -0.1) is 0 Å². The third-order valence-electron chi connectivity index (χ3n) is 5.02. The zero-order valence-corrected chi connectivity index (χ0v) is 17.5. The molecule has 1 saturated carbocycles. The Kier molecular flexibility index (Phi) is 10.9. The summed E-state index contributed by atoms with van der Waals surface area (Å²) in [6.07, 6.45) is 13.2. The number of ether oxygens (including phenoxy) is 2. The third-order valence-corrected chi connectivity index (χ3v) is 5.02. The van der Waals surface area contributed by atoms with E-state index in [9.17, 15) is 9.59 Å². The molecule has 0 N–H and O–H groups in total. The van der Waals surface area contributed by atoms with Crippen LogP contribution in [0, 0.1) is 11.8 Å². The normalized spacial score (nSPS) is 20.6. The number of esters is 2. The van der Waals surface area contributed by atoms with E-state index in [0.717, 1.165) is 38.5 Å². The molecule has 0 aromatic rings. The molecule has 152 valence electrons. The highest BCUT2D eigenvalue weighted by Crippen LogP contribution is 2.33. The second-order valence-electron chi connectivity index (χ2n) is 8.67. The maximum atomic E-state index is 12.5. The van der Waals surface area contributed by atoms with Crippen LogP contribution in [-0.4, -0.2) is 24.1 Å². The summed E-state index contributed by atoms with van der Waals surface area (Å²) in [5.41, 5.74) is -0.514. The van der Waals surface area contributed by atoms with Crippen molar-refractivity contribution in [3.05, 3.63) is 0 Å². The van der Waals surface area contributed by atoms with Crippen LogP contribution < -0.4 is 0 Å². The predicted molar refractivity (Wildman–Crippen MR) is 105 cm³/mol. The highest BCUT2D eigenvalue weighted by Gasteiger charge is 2.39. The van der Waals surface area contributed by atoms with Gasteiger partial charge in [0, 0.05) is 0 Å². The Morgan fingerprint density at radius 1 is 0.808 bits per heavy atom. The fourth-order valence-electron chi connectivity index (χ4n) is 3.59. The Labute approximate surface area is 160 Å². The molecular formula is C22H40O4. The topological polar surface area (TPSA) is 52.6 Å². The van der Waals surface area contributed by atoms with Crippen LogP contribution in [0.15, 0.2) is 0 Å². The summed E-state index contributed by atoms with van der Waals surface area (Å²) < 4.78 is 11.0. The van der Waals surface area contributed by atoms with Crippen molar-refractivity contribution >= 4 is 11.9 Å². The quantitative estimate of drug-likeness (QED) is 0.341. The van der Waals surface area contributed by atoms with E-state index in [0.29, 0.717) is 6.61 Å². The average Bonchev–Trinajstić information content (AvgIpc) is 2.58. The lowest BCUT2D eigenvalue weighted by Gasteiger charge is -2.31. The summed E-state index contributed by atoms with van der Waals surface area (Å²) in [6.45, 7) is 8.30. The lowest BCUT2D eigenvalue weighted by atomic mass is 9.79. The highest BCUT2D eigenvalue weighted by molar-refractivity contribution is 5.82. The van der Waals surface area contributed by atoms with Gasteiger partial charge in [-0.25, -0.2) is 0 Å². The largest absolute Gasteiger partial charge is 0.465 e. The minimum atomic E-state index is -0.514. The Morgan fingerprint density at radius 3 is 1.85 bits per heavy atom. The van der Waals surface area contributed by atoms with Crippen LogP contribution in [0.2, 0.25) is 0 Å². The third kappa shape index (κ3) is 9.59. The molecule has 1 fully saturated rings. The van der Waals surface area contributed by atoms with Gasteiger partial charge in [0.05, 0.1) is 18.4 Å². The lowest BCUT2D eigenvalue weighted by Crippen LogP contribution is -2.38. The molecule has 0 aromatic carbocycles. The summed E-state index contributed by atoms with van der Waals surface area (Å²) in [7, 11) is 0. The molecule has 1 aliphatic carbocycles. The molecule has 0 bridgehead atoms. The van der Waals surface area contributed by atoms with E-state index < -0.39 is 5.60 Å². The molecule has 0 aromatic heterocycles. The molecule has 2 atom stereocenters. The van der Waals surface area contributed by atoms with E-state index in [1.807, 2.05) is 20.8 Å². The van der Waals surface area contributed by atoms with Crippen molar-refractivity contribution in [2.75, 3.05) is 6.61 Å². The van der Waals surface area contributed by atoms with Crippen molar-refractivity contribution in [1.29, 1.82) is 0 Å². The molecule has 1 rings (SSSR count). The van der Waals surface area contributed by atoms with Crippen molar-refractivity contribution in [3.8, 4) is 0 Å². The summed E-state index contributed by atoms with van der Waals surface area (Å²) in [5, 5.41) is 0. The van der Waals surface area contributed by atoms with E-state index in [4.69, 9.17) is 9.47 Å². The van der Waals surface area contributed by atoms with Crippen LogP contribution in [0.4, 0.5) is 0 Å². The van der Waals surface area contributed by atoms with Gasteiger partial charge >= 0.3 is 11.9 Å². The van der Waals surface area contributed by atoms with E-state index in [1.54, 1.807) is 0 Å². The first-order chi connectivity index (χ1) is 12.3. The predicted octanol–water partition coefficient (Wildman–Crippen LogP) is 5.82. The molecule has 0 amide bonds. The number of rotatable bonds is 11. The lowest BCUT2D eigenvalue weighted by molar-refractivity contribution is -0.170. The second kappa shape index (κ2) is 12.3. The maximum absolute atomic E-state index is 12.5. The number of carbonyl (C=O) groups is 2.